The molecule has 1 saturated heterocycles. The molecule has 1 fully saturated rings. The van der Waals surface area contributed by atoms with Gasteiger partial charge in [-0.3, -0.25) is 0 Å². The van der Waals surface area contributed by atoms with Crippen molar-refractivity contribution in [2.75, 3.05) is 33.0 Å². The molecular weight excluding hydrogens is 489 g/mol. The largest absolute Gasteiger partial charge is 0.573 e. The standard InChI is InChI=1S/C28H27F3O6/c1-2-27(18-34-19-27)17-33-15-16-35-23-9-7-22(8-10-23)26(32)36-24-11-3-20(4-12-24)21-5-13-25(14-6-21)37-28(29,30)31/h3-14H,2,15-19H2,1H3. The van der Waals surface area contributed by atoms with Gasteiger partial charge in [0.1, 0.15) is 23.9 Å². The molecule has 0 radical (unpaired) electrons. The van der Waals surface area contributed by atoms with Gasteiger partial charge in [0, 0.05) is 5.41 Å². The van der Waals surface area contributed by atoms with Gasteiger partial charge in [-0.15, -0.1) is 13.2 Å². The molecule has 3 aromatic carbocycles. The molecule has 0 aliphatic carbocycles. The van der Waals surface area contributed by atoms with E-state index in [2.05, 4.69) is 11.7 Å². The molecule has 9 heteroatoms. The van der Waals surface area contributed by atoms with Crippen molar-refractivity contribution < 1.29 is 41.7 Å². The summed E-state index contributed by atoms with van der Waals surface area (Å²) in [6.07, 6.45) is -3.72. The van der Waals surface area contributed by atoms with Gasteiger partial charge in [-0.05, 0) is 66.1 Å². The number of carbonyl (C=O) groups excluding carboxylic acids is 1. The molecule has 0 atom stereocenters. The van der Waals surface area contributed by atoms with Crippen LogP contribution >= 0.6 is 0 Å². The SMILES string of the molecule is CCC1(COCCOc2ccc(C(=O)Oc3ccc(-c4ccc(OC(F)(F)F)cc4)cc3)cc2)COC1. The molecule has 1 heterocycles. The van der Waals surface area contributed by atoms with Crippen LogP contribution in [0.4, 0.5) is 13.2 Å². The highest BCUT2D eigenvalue weighted by molar-refractivity contribution is 5.91. The summed E-state index contributed by atoms with van der Waals surface area (Å²) < 4.78 is 62.9. The van der Waals surface area contributed by atoms with Crippen molar-refractivity contribution in [1.29, 1.82) is 0 Å². The molecule has 0 aromatic heterocycles. The number of hydrogen-bond donors (Lipinski definition) is 0. The summed E-state index contributed by atoms with van der Waals surface area (Å²) in [5.74, 6) is 0.137. The van der Waals surface area contributed by atoms with Crippen molar-refractivity contribution in [1.82, 2.24) is 0 Å². The molecular formula is C28H27F3O6. The Morgan fingerprint density at radius 1 is 0.838 bits per heavy atom. The Labute approximate surface area is 212 Å². The maximum Gasteiger partial charge on any atom is 0.573 e. The maximum absolute atomic E-state index is 12.5. The predicted molar refractivity (Wildman–Crippen MR) is 130 cm³/mol. The van der Waals surface area contributed by atoms with Crippen LogP contribution in [0.1, 0.15) is 23.7 Å². The molecule has 0 amide bonds. The smallest absolute Gasteiger partial charge is 0.491 e. The lowest BCUT2D eigenvalue weighted by Crippen LogP contribution is -2.45. The van der Waals surface area contributed by atoms with E-state index in [1.54, 1.807) is 48.5 Å². The average Bonchev–Trinajstić information content (AvgIpc) is 2.86. The van der Waals surface area contributed by atoms with Crippen LogP contribution in [-0.2, 0) is 9.47 Å². The third kappa shape index (κ3) is 7.47. The topological polar surface area (TPSA) is 63.2 Å². The third-order valence-electron chi connectivity index (χ3n) is 6.05. The summed E-state index contributed by atoms with van der Waals surface area (Å²) >= 11 is 0. The first-order chi connectivity index (χ1) is 17.8. The summed E-state index contributed by atoms with van der Waals surface area (Å²) in [5.41, 5.74) is 1.94. The first-order valence-electron chi connectivity index (χ1n) is 11.8. The van der Waals surface area contributed by atoms with Gasteiger partial charge in [-0.1, -0.05) is 31.2 Å². The van der Waals surface area contributed by atoms with Crippen molar-refractivity contribution in [3.05, 3.63) is 78.4 Å². The van der Waals surface area contributed by atoms with Crippen LogP contribution in [0.5, 0.6) is 17.2 Å². The van der Waals surface area contributed by atoms with Gasteiger partial charge in [0.2, 0.25) is 0 Å². The summed E-state index contributed by atoms with van der Waals surface area (Å²) in [5, 5.41) is 0. The number of rotatable bonds is 11. The zero-order valence-electron chi connectivity index (χ0n) is 20.3. The average molecular weight is 517 g/mol. The fourth-order valence-corrected chi connectivity index (χ4v) is 3.71. The monoisotopic (exact) mass is 516 g/mol. The lowest BCUT2D eigenvalue weighted by molar-refractivity contribution is -0.274. The molecule has 1 aliphatic heterocycles. The Bertz CT molecular complexity index is 1150. The van der Waals surface area contributed by atoms with Crippen LogP contribution in [-0.4, -0.2) is 45.4 Å². The normalized spacial score (nSPS) is 14.5. The molecule has 0 N–H and O–H groups in total. The van der Waals surface area contributed by atoms with Gasteiger partial charge >= 0.3 is 12.3 Å². The van der Waals surface area contributed by atoms with Gasteiger partial charge in [0.05, 0.1) is 32.0 Å². The van der Waals surface area contributed by atoms with Crippen LogP contribution < -0.4 is 14.2 Å². The van der Waals surface area contributed by atoms with Crippen molar-refractivity contribution in [3.63, 3.8) is 0 Å². The van der Waals surface area contributed by atoms with Crippen LogP contribution in [0.2, 0.25) is 0 Å². The minimum atomic E-state index is -4.74. The van der Waals surface area contributed by atoms with Crippen molar-refractivity contribution in [3.8, 4) is 28.4 Å². The quantitative estimate of drug-likeness (QED) is 0.170. The van der Waals surface area contributed by atoms with E-state index in [1.807, 2.05) is 0 Å². The number of hydrogen-bond acceptors (Lipinski definition) is 6. The fraction of sp³-hybridized carbons (Fsp3) is 0.321. The highest BCUT2D eigenvalue weighted by Crippen LogP contribution is 2.31. The van der Waals surface area contributed by atoms with Crippen LogP contribution in [0, 0.1) is 5.41 Å². The Balaban J connectivity index is 1.23. The van der Waals surface area contributed by atoms with Crippen LogP contribution in [0.3, 0.4) is 0 Å². The molecule has 4 rings (SSSR count). The van der Waals surface area contributed by atoms with Gasteiger partial charge in [-0.25, -0.2) is 4.79 Å². The van der Waals surface area contributed by atoms with Crippen molar-refractivity contribution in [2.45, 2.75) is 19.7 Å². The predicted octanol–water partition coefficient (Wildman–Crippen LogP) is 6.29. The minimum absolute atomic E-state index is 0.142. The van der Waals surface area contributed by atoms with Crippen molar-refractivity contribution in [2.24, 2.45) is 5.41 Å². The second kappa shape index (κ2) is 11.7. The molecule has 0 bridgehead atoms. The van der Waals surface area contributed by atoms with E-state index in [4.69, 9.17) is 18.9 Å². The van der Waals surface area contributed by atoms with E-state index in [1.165, 1.54) is 24.3 Å². The first kappa shape index (κ1) is 26.5. The Hall–Kier alpha value is -3.56. The zero-order chi connectivity index (χ0) is 26.3. The van der Waals surface area contributed by atoms with Crippen LogP contribution in [0.25, 0.3) is 11.1 Å². The number of benzene rings is 3. The van der Waals surface area contributed by atoms with Gasteiger partial charge in [0.15, 0.2) is 0 Å². The summed E-state index contributed by atoms with van der Waals surface area (Å²) in [6, 6.07) is 18.8. The molecule has 0 unspecified atom stereocenters. The summed E-state index contributed by atoms with van der Waals surface area (Å²) in [7, 11) is 0. The molecule has 0 spiro atoms. The molecule has 196 valence electrons. The number of ether oxygens (including phenoxy) is 5. The zero-order valence-corrected chi connectivity index (χ0v) is 20.3. The van der Waals surface area contributed by atoms with E-state index in [0.717, 1.165) is 25.2 Å². The number of alkyl halides is 3. The van der Waals surface area contributed by atoms with E-state index < -0.39 is 12.3 Å². The molecule has 6 nitrogen and oxygen atoms in total. The highest BCUT2D eigenvalue weighted by Gasteiger charge is 2.36. The van der Waals surface area contributed by atoms with E-state index in [-0.39, 0.29) is 11.2 Å². The van der Waals surface area contributed by atoms with Gasteiger partial charge in [0.25, 0.3) is 0 Å². The number of halogens is 3. The fourth-order valence-electron chi connectivity index (χ4n) is 3.71. The second-order valence-corrected chi connectivity index (χ2v) is 8.76. The van der Waals surface area contributed by atoms with Crippen molar-refractivity contribution >= 4 is 5.97 Å². The third-order valence-corrected chi connectivity index (χ3v) is 6.05. The lowest BCUT2D eigenvalue weighted by atomic mass is 9.84. The highest BCUT2D eigenvalue weighted by atomic mass is 19.4. The summed E-state index contributed by atoms with van der Waals surface area (Å²) in [4.78, 5) is 12.5. The minimum Gasteiger partial charge on any atom is -0.491 e. The Kier molecular flexibility index (Phi) is 8.35. The summed E-state index contributed by atoms with van der Waals surface area (Å²) in [6.45, 7) is 5.13. The molecule has 37 heavy (non-hydrogen) atoms. The second-order valence-electron chi connectivity index (χ2n) is 8.76. The van der Waals surface area contributed by atoms with Gasteiger partial charge in [-0.2, -0.15) is 0 Å². The Morgan fingerprint density at radius 3 is 1.92 bits per heavy atom. The number of esters is 1. The Morgan fingerprint density at radius 2 is 1.41 bits per heavy atom. The lowest BCUT2D eigenvalue weighted by Gasteiger charge is -2.40. The number of carbonyl (C=O) groups is 1. The van der Waals surface area contributed by atoms with Crippen LogP contribution in [0.15, 0.2) is 72.8 Å². The molecule has 3 aromatic rings. The molecule has 0 saturated carbocycles. The van der Waals surface area contributed by atoms with E-state index in [9.17, 15) is 18.0 Å². The maximum atomic E-state index is 12.5. The van der Waals surface area contributed by atoms with Gasteiger partial charge < -0.3 is 23.7 Å². The van der Waals surface area contributed by atoms with E-state index in [0.29, 0.717) is 42.4 Å². The molecule has 1 aliphatic rings. The van der Waals surface area contributed by atoms with E-state index >= 15 is 0 Å². The first-order valence-corrected chi connectivity index (χ1v) is 11.8.